The summed E-state index contributed by atoms with van der Waals surface area (Å²) in [7, 11) is 1.57. The van der Waals surface area contributed by atoms with Crippen LogP contribution >= 0.6 is 0 Å². The minimum Gasteiger partial charge on any atom is -0.383 e. The van der Waals surface area contributed by atoms with Crippen molar-refractivity contribution in [1.82, 2.24) is 10.3 Å². The van der Waals surface area contributed by atoms with Crippen molar-refractivity contribution >= 4 is 11.6 Å². The largest absolute Gasteiger partial charge is 0.383 e. The van der Waals surface area contributed by atoms with Crippen LogP contribution in [-0.2, 0) is 4.74 Å². The molecule has 0 aliphatic rings. The molecular weight excluding hydrogens is 196 g/mol. The van der Waals surface area contributed by atoms with Gasteiger partial charge in [-0.3, -0.25) is 15.6 Å². The number of amides is 1. The van der Waals surface area contributed by atoms with Gasteiger partial charge in [-0.15, -0.1) is 0 Å². The maximum absolute atomic E-state index is 11.6. The van der Waals surface area contributed by atoms with Gasteiger partial charge >= 0.3 is 0 Å². The van der Waals surface area contributed by atoms with Gasteiger partial charge in [0.2, 0.25) is 0 Å². The summed E-state index contributed by atoms with van der Waals surface area (Å²) >= 11 is 0. The van der Waals surface area contributed by atoms with Gasteiger partial charge in [0.05, 0.1) is 24.1 Å². The highest BCUT2D eigenvalue weighted by atomic mass is 16.5. The van der Waals surface area contributed by atoms with Crippen LogP contribution in [0.15, 0.2) is 18.5 Å². The Kier molecular flexibility index (Phi) is 4.52. The summed E-state index contributed by atoms with van der Waals surface area (Å²) < 4.78 is 4.82. The van der Waals surface area contributed by atoms with E-state index in [2.05, 4.69) is 15.7 Å². The number of hydrazine groups is 1. The molecule has 0 aliphatic carbocycles. The number of nitrogens with zero attached hydrogens (tertiary/aromatic N) is 1. The molecule has 0 saturated carbocycles. The highest BCUT2D eigenvalue weighted by molar-refractivity contribution is 5.99. The van der Waals surface area contributed by atoms with E-state index in [4.69, 9.17) is 10.6 Å². The van der Waals surface area contributed by atoms with E-state index in [1.54, 1.807) is 13.2 Å². The fourth-order valence-corrected chi connectivity index (χ4v) is 1.07. The zero-order chi connectivity index (χ0) is 11.1. The second-order valence-electron chi connectivity index (χ2n) is 2.81. The van der Waals surface area contributed by atoms with E-state index in [9.17, 15) is 4.79 Å². The number of hydrogen-bond acceptors (Lipinski definition) is 5. The Hall–Kier alpha value is -1.66. The molecule has 0 atom stereocenters. The molecule has 82 valence electrons. The number of nitrogens with two attached hydrogens (primary N) is 1. The molecule has 4 N–H and O–H groups in total. The number of carbonyl (C=O) groups excluding carboxylic acids is 1. The van der Waals surface area contributed by atoms with Crippen molar-refractivity contribution in [2.24, 2.45) is 5.84 Å². The van der Waals surface area contributed by atoms with E-state index < -0.39 is 0 Å². The van der Waals surface area contributed by atoms with Gasteiger partial charge in [0, 0.05) is 19.9 Å². The van der Waals surface area contributed by atoms with Crippen LogP contribution in [0.5, 0.6) is 0 Å². The minimum absolute atomic E-state index is 0.206. The molecule has 0 aromatic carbocycles. The lowest BCUT2D eigenvalue weighted by atomic mass is 10.2. The summed E-state index contributed by atoms with van der Waals surface area (Å²) in [4.78, 5) is 15.5. The SMILES string of the molecule is COCCNC(=O)c1ccncc1NN. The van der Waals surface area contributed by atoms with Gasteiger partial charge in [-0.2, -0.15) is 0 Å². The van der Waals surface area contributed by atoms with E-state index in [0.29, 0.717) is 24.4 Å². The predicted octanol–water partition coefficient (Wildman–Crippen LogP) is -0.257. The van der Waals surface area contributed by atoms with Gasteiger partial charge in [-0.25, -0.2) is 0 Å². The number of anilines is 1. The van der Waals surface area contributed by atoms with Crippen molar-refractivity contribution in [3.63, 3.8) is 0 Å². The molecule has 0 fully saturated rings. The quantitative estimate of drug-likeness (QED) is 0.354. The molecule has 1 rings (SSSR count). The normalized spacial score (nSPS) is 9.73. The van der Waals surface area contributed by atoms with Crippen molar-refractivity contribution in [2.75, 3.05) is 25.7 Å². The number of nitrogen functional groups attached to an aromatic ring is 1. The third-order valence-electron chi connectivity index (χ3n) is 1.81. The number of aromatic nitrogens is 1. The van der Waals surface area contributed by atoms with Crippen LogP contribution in [0.2, 0.25) is 0 Å². The van der Waals surface area contributed by atoms with Crippen LogP contribution < -0.4 is 16.6 Å². The average molecular weight is 210 g/mol. The van der Waals surface area contributed by atoms with Gasteiger partial charge in [0.25, 0.3) is 5.91 Å². The summed E-state index contributed by atoms with van der Waals surface area (Å²) in [5, 5.41) is 2.69. The van der Waals surface area contributed by atoms with Crippen molar-refractivity contribution < 1.29 is 9.53 Å². The Balaban J connectivity index is 2.64. The first-order valence-corrected chi connectivity index (χ1v) is 4.47. The van der Waals surface area contributed by atoms with Crippen LogP contribution in [0, 0.1) is 0 Å². The smallest absolute Gasteiger partial charge is 0.253 e. The summed E-state index contributed by atoms with van der Waals surface area (Å²) in [6.45, 7) is 0.934. The molecule has 1 amide bonds. The summed E-state index contributed by atoms with van der Waals surface area (Å²) in [6, 6.07) is 1.59. The lowest BCUT2D eigenvalue weighted by molar-refractivity contribution is 0.0938. The highest BCUT2D eigenvalue weighted by Crippen LogP contribution is 2.10. The number of hydrogen-bond donors (Lipinski definition) is 3. The molecule has 6 heteroatoms. The molecule has 6 nitrogen and oxygen atoms in total. The Bertz CT molecular complexity index is 330. The van der Waals surface area contributed by atoms with E-state index >= 15 is 0 Å². The Labute approximate surface area is 87.8 Å². The van der Waals surface area contributed by atoms with Crippen molar-refractivity contribution in [1.29, 1.82) is 0 Å². The highest BCUT2D eigenvalue weighted by Gasteiger charge is 2.09. The second kappa shape index (κ2) is 5.94. The van der Waals surface area contributed by atoms with Crippen LogP contribution in [0.3, 0.4) is 0 Å². The number of methoxy groups -OCH3 is 1. The molecule has 15 heavy (non-hydrogen) atoms. The topological polar surface area (TPSA) is 89.3 Å². The van der Waals surface area contributed by atoms with E-state index in [0.717, 1.165) is 0 Å². The van der Waals surface area contributed by atoms with Crippen LogP contribution in [0.1, 0.15) is 10.4 Å². The summed E-state index contributed by atoms with van der Waals surface area (Å²) in [6.07, 6.45) is 3.03. The van der Waals surface area contributed by atoms with E-state index in [1.165, 1.54) is 12.4 Å². The number of rotatable bonds is 5. The lowest BCUT2D eigenvalue weighted by Gasteiger charge is -2.08. The molecular formula is C9H14N4O2. The van der Waals surface area contributed by atoms with Crippen LogP contribution in [0.4, 0.5) is 5.69 Å². The van der Waals surface area contributed by atoms with Gasteiger partial charge < -0.3 is 15.5 Å². The van der Waals surface area contributed by atoms with Crippen LogP contribution in [-0.4, -0.2) is 31.2 Å². The minimum atomic E-state index is -0.206. The molecule has 0 radical (unpaired) electrons. The molecule has 1 heterocycles. The zero-order valence-corrected chi connectivity index (χ0v) is 8.49. The van der Waals surface area contributed by atoms with Gasteiger partial charge in [0.1, 0.15) is 0 Å². The molecule has 0 bridgehead atoms. The van der Waals surface area contributed by atoms with Crippen molar-refractivity contribution in [3.8, 4) is 0 Å². The predicted molar refractivity (Wildman–Crippen MR) is 56.3 cm³/mol. The molecule has 1 aromatic rings. The molecule has 0 spiro atoms. The Morgan fingerprint density at radius 2 is 2.47 bits per heavy atom. The Morgan fingerprint density at radius 3 is 3.13 bits per heavy atom. The number of nitrogens with one attached hydrogen (secondary N) is 2. The number of pyridine rings is 1. The zero-order valence-electron chi connectivity index (χ0n) is 8.49. The van der Waals surface area contributed by atoms with Crippen molar-refractivity contribution in [3.05, 3.63) is 24.0 Å². The second-order valence-corrected chi connectivity index (χ2v) is 2.81. The maximum Gasteiger partial charge on any atom is 0.253 e. The number of carbonyl (C=O) groups is 1. The third-order valence-corrected chi connectivity index (χ3v) is 1.81. The van der Waals surface area contributed by atoms with E-state index in [-0.39, 0.29) is 5.91 Å². The standard InChI is InChI=1S/C9H14N4O2/c1-15-5-4-12-9(14)7-2-3-11-6-8(7)13-10/h2-3,6,13H,4-5,10H2,1H3,(H,12,14). The first-order chi connectivity index (χ1) is 7.29. The first kappa shape index (κ1) is 11.4. The lowest BCUT2D eigenvalue weighted by Crippen LogP contribution is -2.28. The molecule has 1 aromatic heterocycles. The third kappa shape index (κ3) is 3.19. The summed E-state index contributed by atoms with van der Waals surface area (Å²) in [5.41, 5.74) is 3.37. The molecule has 0 unspecified atom stereocenters. The van der Waals surface area contributed by atoms with Gasteiger partial charge in [-0.1, -0.05) is 0 Å². The monoisotopic (exact) mass is 210 g/mol. The van der Waals surface area contributed by atoms with Crippen LogP contribution in [0.25, 0.3) is 0 Å². The fourth-order valence-electron chi connectivity index (χ4n) is 1.07. The Morgan fingerprint density at radius 1 is 1.67 bits per heavy atom. The number of ether oxygens (including phenoxy) is 1. The fraction of sp³-hybridized carbons (Fsp3) is 0.333. The summed E-state index contributed by atoms with van der Waals surface area (Å²) in [5.74, 6) is 5.04. The average Bonchev–Trinajstić information content (AvgIpc) is 2.29. The maximum atomic E-state index is 11.6. The van der Waals surface area contributed by atoms with Gasteiger partial charge in [-0.05, 0) is 6.07 Å². The molecule has 0 aliphatic heterocycles. The van der Waals surface area contributed by atoms with E-state index in [1.807, 2.05) is 0 Å². The van der Waals surface area contributed by atoms with Gasteiger partial charge in [0.15, 0.2) is 0 Å². The first-order valence-electron chi connectivity index (χ1n) is 4.47. The molecule has 0 saturated heterocycles. The van der Waals surface area contributed by atoms with Crippen molar-refractivity contribution in [2.45, 2.75) is 0 Å².